The summed E-state index contributed by atoms with van der Waals surface area (Å²) in [5.74, 6) is 0. The van der Waals surface area contributed by atoms with Crippen LogP contribution >= 0.6 is 23.7 Å². The van der Waals surface area contributed by atoms with Gasteiger partial charge in [0.15, 0.2) is 0 Å². The first kappa shape index (κ1) is 15.2. The average Bonchev–Trinajstić information content (AvgIpc) is 2.85. The van der Waals surface area contributed by atoms with Crippen LogP contribution in [0.15, 0.2) is 41.8 Å². The Bertz CT molecular complexity index is 436. The van der Waals surface area contributed by atoms with Gasteiger partial charge in [-0.15, -0.1) is 23.7 Å². The lowest BCUT2D eigenvalue weighted by Gasteiger charge is -2.16. The Labute approximate surface area is 120 Å². The summed E-state index contributed by atoms with van der Waals surface area (Å²) in [6, 6.07) is 13.6. The number of nitrogens with one attached hydrogen (secondary N) is 1. The van der Waals surface area contributed by atoms with Gasteiger partial charge in [0, 0.05) is 10.9 Å². The molecule has 1 N–H and O–H groups in total. The van der Waals surface area contributed by atoms with E-state index in [1.807, 2.05) is 11.3 Å². The summed E-state index contributed by atoms with van der Waals surface area (Å²) in [6.07, 6.45) is 1.06. The quantitative estimate of drug-likeness (QED) is 0.858. The molecule has 2 rings (SSSR count). The molecular formula is C15H20ClNS. The van der Waals surface area contributed by atoms with Gasteiger partial charge in [0.2, 0.25) is 0 Å². The molecule has 3 heteroatoms. The third kappa shape index (κ3) is 4.13. The number of hydrogen-bond acceptors (Lipinski definition) is 2. The average molecular weight is 282 g/mol. The van der Waals surface area contributed by atoms with E-state index in [9.17, 15) is 0 Å². The molecule has 1 unspecified atom stereocenters. The monoisotopic (exact) mass is 281 g/mol. The van der Waals surface area contributed by atoms with Gasteiger partial charge >= 0.3 is 0 Å². The Hall–Kier alpha value is -0.830. The van der Waals surface area contributed by atoms with Crippen LogP contribution in [0.5, 0.6) is 0 Å². The predicted octanol–water partition coefficient (Wildman–Crippen LogP) is 4.37. The van der Waals surface area contributed by atoms with E-state index in [4.69, 9.17) is 0 Å². The van der Waals surface area contributed by atoms with Crippen LogP contribution in [0, 0.1) is 6.92 Å². The van der Waals surface area contributed by atoms with E-state index in [0.717, 1.165) is 13.0 Å². The maximum absolute atomic E-state index is 3.56. The fourth-order valence-electron chi connectivity index (χ4n) is 1.97. The standard InChI is InChI=1S/C15H19NS.ClH/c1-3-16-14(15-5-4-10-17-15)11-13-8-6-12(2)7-9-13;/h4-10,14,16H,3,11H2,1-2H3;1H. The lowest BCUT2D eigenvalue weighted by molar-refractivity contribution is 0.558. The highest BCUT2D eigenvalue weighted by atomic mass is 35.5. The maximum Gasteiger partial charge on any atom is 0.0455 e. The molecule has 2 aromatic rings. The van der Waals surface area contributed by atoms with Gasteiger partial charge in [-0.05, 0) is 36.9 Å². The second kappa shape index (κ2) is 7.57. The highest BCUT2D eigenvalue weighted by Gasteiger charge is 2.11. The van der Waals surface area contributed by atoms with Gasteiger partial charge in [-0.2, -0.15) is 0 Å². The Kier molecular flexibility index (Phi) is 6.41. The van der Waals surface area contributed by atoms with Crippen molar-refractivity contribution in [3.8, 4) is 0 Å². The topological polar surface area (TPSA) is 12.0 Å². The smallest absolute Gasteiger partial charge is 0.0455 e. The van der Waals surface area contributed by atoms with Crippen molar-refractivity contribution in [2.45, 2.75) is 26.3 Å². The molecule has 1 aromatic carbocycles. The Morgan fingerprint density at radius 1 is 1.17 bits per heavy atom. The Morgan fingerprint density at radius 3 is 2.44 bits per heavy atom. The SMILES string of the molecule is CCNC(Cc1ccc(C)cc1)c1cccs1.Cl. The molecular weight excluding hydrogens is 262 g/mol. The Morgan fingerprint density at radius 2 is 1.89 bits per heavy atom. The summed E-state index contributed by atoms with van der Waals surface area (Å²) >= 11 is 1.83. The highest BCUT2D eigenvalue weighted by molar-refractivity contribution is 7.10. The van der Waals surface area contributed by atoms with E-state index in [2.05, 4.69) is 60.9 Å². The molecule has 0 fully saturated rings. The first-order valence-corrected chi connectivity index (χ1v) is 7.00. The van der Waals surface area contributed by atoms with Crippen molar-refractivity contribution < 1.29 is 0 Å². The summed E-state index contributed by atoms with van der Waals surface area (Å²) in [5.41, 5.74) is 2.72. The fraction of sp³-hybridized carbons (Fsp3) is 0.333. The molecule has 18 heavy (non-hydrogen) atoms. The third-order valence-corrected chi connectivity index (χ3v) is 3.88. The number of rotatable bonds is 5. The van der Waals surface area contributed by atoms with Crippen LogP contribution in [-0.2, 0) is 6.42 Å². The molecule has 0 saturated carbocycles. The maximum atomic E-state index is 3.56. The highest BCUT2D eigenvalue weighted by Crippen LogP contribution is 2.22. The fourth-order valence-corrected chi connectivity index (χ4v) is 2.77. The zero-order valence-electron chi connectivity index (χ0n) is 10.8. The second-order valence-corrected chi connectivity index (χ2v) is 5.29. The van der Waals surface area contributed by atoms with Crippen molar-refractivity contribution >= 4 is 23.7 Å². The number of hydrogen-bond donors (Lipinski definition) is 1. The molecule has 0 aliphatic rings. The molecule has 1 nitrogen and oxygen atoms in total. The zero-order valence-corrected chi connectivity index (χ0v) is 12.5. The number of likely N-dealkylation sites (N-methyl/N-ethyl adjacent to an activating group) is 1. The van der Waals surface area contributed by atoms with E-state index < -0.39 is 0 Å². The van der Waals surface area contributed by atoms with Crippen LogP contribution in [0.1, 0.15) is 29.0 Å². The summed E-state index contributed by atoms with van der Waals surface area (Å²) in [5, 5.41) is 5.71. The van der Waals surface area contributed by atoms with Crippen LogP contribution in [0.2, 0.25) is 0 Å². The number of halogens is 1. The van der Waals surface area contributed by atoms with E-state index in [-0.39, 0.29) is 12.4 Å². The van der Waals surface area contributed by atoms with E-state index in [1.54, 1.807) is 0 Å². The van der Waals surface area contributed by atoms with Gasteiger partial charge in [-0.1, -0.05) is 42.8 Å². The van der Waals surface area contributed by atoms with E-state index in [1.165, 1.54) is 16.0 Å². The molecule has 0 spiro atoms. The summed E-state index contributed by atoms with van der Waals surface area (Å²) < 4.78 is 0. The molecule has 0 bridgehead atoms. The molecule has 98 valence electrons. The van der Waals surface area contributed by atoms with Crippen molar-refractivity contribution in [1.29, 1.82) is 0 Å². The van der Waals surface area contributed by atoms with Crippen LogP contribution in [-0.4, -0.2) is 6.54 Å². The number of thiophene rings is 1. The molecule has 1 aromatic heterocycles. The lowest BCUT2D eigenvalue weighted by atomic mass is 10.0. The second-order valence-electron chi connectivity index (χ2n) is 4.32. The van der Waals surface area contributed by atoms with Crippen LogP contribution in [0.3, 0.4) is 0 Å². The van der Waals surface area contributed by atoms with Crippen molar-refractivity contribution in [3.63, 3.8) is 0 Å². The van der Waals surface area contributed by atoms with E-state index in [0.29, 0.717) is 6.04 Å². The first-order chi connectivity index (χ1) is 8.29. The minimum atomic E-state index is 0. The number of aryl methyl sites for hydroxylation is 1. The van der Waals surface area contributed by atoms with Gasteiger partial charge in [0.05, 0.1) is 0 Å². The minimum Gasteiger partial charge on any atom is -0.309 e. The summed E-state index contributed by atoms with van der Waals surface area (Å²) in [6.45, 7) is 5.30. The normalized spacial score (nSPS) is 11.9. The molecule has 1 atom stereocenters. The molecule has 0 aliphatic heterocycles. The van der Waals surface area contributed by atoms with Crippen LogP contribution in [0.25, 0.3) is 0 Å². The van der Waals surface area contributed by atoms with Gasteiger partial charge in [0.1, 0.15) is 0 Å². The van der Waals surface area contributed by atoms with Crippen molar-refractivity contribution in [2.24, 2.45) is 0 Å². The number of benzene rings is 1. The van der Waals surface area contributed by atoms with Gasteiger partial charge in [0.25, 0.3) is 0 Å². The van der Waals surface area contributed by atoms with Gasteiger partial charge in [-0.25, -0.2) is 0 Å². The zero-order chi connectivity index (χ0) is 12.1. The lowest BCUT2D eigenvalue weighted by Crippen LogP contribution is -2.22. The van der Waals surface area contributed by atoms with Gasteiger partial charge < -0.3 is 5.32 Å². The molecule has 0 aliphatic carbocycles. The first-order valence-electron chi connectivity index (χ1n) is 6.12. The van der Waals surface area contributed by atoms with Crippen molar-refractivity contribution in [3.05, 3.63) is 57.8 Å². The predicted molar refractivity (Wildman–Crippen MR) is 82.9 cm³/mol. The van der Waals surface area contributed by atoms with Crippen LogP contribution in [0.4, 0.5) is 0 Å². The molecule has 0 saturated heterocycles. The third-order valence-electron chi connectivity index (χ3n) is 2.90. The van der Waals surface area contributed by atoms with Crippen LogP contribution < -0.4 is 5.32 Å². The summed E-state index contributed by atoms with van der Waals surface area (Å²) in [4.78, 5) is 1.42. The largest absolute Gasteiger partial charge is 0.309 e. The minimum absolute atomic E-state index is 0. The molecule has 1 heterocycles. The molecule has 0 radical (unpaired) electrons. The Balaban J connectivity index is 0.00000162. The summed E-state index contributed by atoms with van der Waals surface area (Å²) in [7, 11) is 0. The van der Waals surface area contributed by atoms with E-state index >= 15 is 0 Å². The van der Waals surface area contributed by atoms with Crippen molar-refractivity contribution in [2.75, 3.05) is 6.54 Å². The van der Waals surface area contributed by atoms with Crippen molar-refractivity contribution in [1.82, 2.24) is 5.32 Å². The van der Waals surface area contributed by atoms with Gasteiger partial charge in [-0.3, -0.25) is 0 Å². The molecule has 0 amide bonds.